The van der Waals surface area contributed by atoms with Crippen molar-refractivity contribution in [2.45, 2.75) is 185 Å². The van der Waals surface area contributed by atoms with E-state index in [2.05, 4.69) is 5.32 Å². The highest BCUT2D eigenvalue weighted by Gasteiger charge is 2.90. The number of amides is 2. The topological polar surface area (TPSA) is 310 Å². The number of ether oxygens (including phenoxy) is 10. The Kier molecular flexibility index (Phi) is 25.7. The molecule has 486 valence electrons. The van der Waals surface area contributed by atoms with E-state index >= 15 is 0 Å². The van der Waals surface area contributed by atoms with E-state index < -0.39 is 195 Å². The standard InChI is InChI=1S/C49H58F13N3O21/c1-22(66)77-19-32(79-24(3)68)36(86-42-40(84-29(8)73)38(82-27(6)71)35(80-25(4)69)33(85-42)20-78-23(2)67)37(81-26(5)70)39(83-28(7)72)41(75)63-17-30-11-13-31(14-12-30)18-65(76)43(9,10)21-64-34(74)15-16-44(50,51)45(52,53)46(54,55)47(56,57)48(58,59)49(60,61)62/h11-14,18,32-33,35-40,42H,15-17,19-21H2,1-10H3,(H2-,63,64,74,75,76)/p+1/t32?,33?,35-,36+,37+,38-,39?,40?,42-/m0/s1. The van der Waals surface area contributed by atoms with Crippen molar-refractivity contribution in [3.05, 3.63) is 35.4 Å². The van der Waals surface area contributed by atoms with Crippen LogP contribution in [0.15, 0.2) is 24.3 Å². The van der Waals surface area contributed by atoms with Crippen molar-refractivity contribution in [1.82, 2.24) is 10.6 Å². The third kappa shape index (κ3) is 19.7. The number of benzene rings is 1. The first kappa shape index (κ1) is 74.5. The quantitative estimate of drug-likeness (QED) is 0.0191. The summed E-state index contributed by atoms with van der Waals surface area (Å²) in [4.78, 5) is 127. The molecule has 1 fully saturated rings. The first-order valence-corrected chi connectivity index (χ1v) is 24.7. The number of hydrogen-bond donors (Lipinski definition) is 3. The van der Waals surface area contributed by atoms with Crippen molar-refractivity contribution in [2.24, 2.45) is 0 Å². The van der Waals surface area contributed by atoms with E-state index in [1.807, 2.05) is 5.32 Å². The van der Waals surface area contributed by atoms with Gasteiger partial charge in [0.15, 0.2) is 36.8 Å². The summed E-state index contributed by atoms with van der Waals surface area (Å²) in [5.74, 6) is -50.2. The lowest BCUT2D eigenvalue weighted by molar-refractivity contribution is -0.817. The van der Waals surface area contributed by atoms with Gasteiger partial charge in [-0.15, -0.1) is 0 Å². The average molecular weight is 1270 g/mol. The molecular weight excluding hydrogens is 1210 g/mol. The molecular formula is C49H59F13N3O21+. The van der Waals surface area contributed by atoms with Gasteiger partial charge < -0.3 is 58.0 Å². The average Bonchev–Trinajstić information content (AvgIpc) is 0.733. The van der Waals surface area contributed by atoms with Gasteiger partial charge in [0.25, 0.3) is 5.91 Å². The molecule has 2 rings (SSSR count). The van der Waals surface area contributed by atoms with Crippen molar-refractivity contribution < 1.29 is 162 Å². The van der Waals surface area contributed by atoms with Gasteiger partial charge in [0.05, 0.1) is 6.54 Å². The van der Waals surface area contributed by atoms with Crippen LogP contribution in [0.5, 0.6) is 0 Å². The van der Waals surface area contributed by atoms with Gasteiger partial charge in [-0.1, -0.05) is 12.1 Å². The Bertz CT molecular complexity index is 2660. The van der Waals surface area contributed by atoms with Gasteiger partial charge in [0.2, 0.25) is 23.8 Å². The predicted molar refractivity (Wildman–Crippen MR) is 253 cm³/mol. The second kappa shape index (κ2) is 29.7. The number of halogens is 13. The van der Waals surface area contributed by atoms with E-state index in [1.165, 1.54) is 24.3 Å². The molecule has 0 spiro atoms. The number of esters is 8. The molecule has 24 nitrogen and oxygen atoms in total. The maximum absolute atomic E-state index is 14.3. The number of hydroxylamine groups is 1. The molecule has 1 saturated heterocycles. The van der Waals surface area contributed by atoms with Crippen molar-refractivity contribution in [2.75, 3.05) is 19.8 Å². The van der Waals surface area contributed by atoms with Crippen molar-refractivity contribution >= 4 is 65.8 Å². The monoisotopic (exact) mass is 1270 g/mol. The van der Waals surface area contributed by atoms with Gasteiger partial charge in [0, 0.05) is 94.2 Å². The van der Waals surface area contributed by atoms with Crippen molar-refractivity contribution in [3.63, 3.8) is 0 Å². The van der Waals surface area contributed by atoms with Crippen LogP contribution in [0.2, 0.25) is 0 Å². The number of alkyl halides is 13. The molecule has 1 heterocycles. The lowest BCUT2D eigenvalue weighted by Crippen LogP contribution is -2.70. The zero-order valence-corrected chi connectivity index (χ0v) is 46.8. The largest absolute Gasteiger partial charge is 0.463 e. The van der Waals surface area contributed by atoms with Gasteiger partial charge in [0.1, 0.15) is 25.4 Å². The zero-order chi connectivity index (χ0) is 66.5. The Morgan fingerprint density at radius 2 is 1.08 bits per heavy atom. The molecule has 1 aliphatic heterocycles. The minimum Gasteiger partial charge on any atom is -0.463 e. The molecule has 3 N–H and O–H groups in total. The van der Waals surface area contributed by atoms with Crippen LogP contribution in [0.4, 0.5) is 57.1 Å². The Labute approximate surface area is 478 Å². The third-order valence-electron chi connectivity index (χ3n) is 11.6. The summed E-state index contributed by atoms with van der Waals surface area (Å²) in [5.41, 5.74) is -1.47. The minimum atomic E-state index is -8.12. The molecule has 1 aromatic carbocycles. The second-order valence-electron chi connectivity index (χ2n) is 19.2. The van der Waals surface area contributed by atoms with Crippen LogP contribution in [0.1, 0.15) is 93.2 Å². The van der Waals surface area contributed by atoms with Crippen LogP contribution in [-0.4, -0.2) is 192 Å². The van der Waals surface area contributed by atoms with Gasteiger partial charge >= 0.3 is 83.5 Å². The number of carbonyl (C=O) groups is 10. The predicted octanol–water partition coefficient (Wildman–Crippen LogP) is 4.36. The summed E-state index contributed by atoms with van der Waals surface area (Å²) in [6.07, 6.45) is -30.1. The Morgan fingerprint density at radius 1 is 0.593 bits per heavy atom. The highest BCUT2D eigenvalue weighted by Crippen LogP contribution is 2.60. The molecule has 0 aromatic heterocycles. The first-order chi connectivity index (χ1) is 39.1. The molecule has 86 heavy (non-hydrogen) atoms. The molecule has 9 atom stereocenters. The van der Waals surface area contributed by atoms with Gasteiger partial charge in [-0.05, 0) is 22.4 Å². The van der Waals surface area contributed by atoms with E-state index in [4.69, 9.17) is 47.4 Å². The molecule has 1 aromatic rings. The van der Waals surface area contributed by atoms with Crippen LogP contribution in [-0.2, 0) is 102 Å². The van der Waals surface area contributed by atoms with Crippen LogP contribution >= 0.6 is 0 Å². The SMILES string of the molecule is CC(=O)OCC(OC(C)=O)[C@@H](O[C@@H]1OC(COC(C)=O)[C@H](OC(C)=O)[C@H](OC(C)=O)C1OC(C)=O)[C@@H](OC(C)=O)C(OC(C)=O)C(=O)NCc1ccc(C=[N+](O)C(C)(C)CNC(=O)CCC(F)(F)C(F)(F)C(F)(F)C(F)(F)C(F)(F)C(F)(F)F)cc1. The van der Waals surface area contributed by atoms with Crippen LogP contribution < -0.4 is 10.6 Å². The van der Waals surface area contributed by atoms with Crippen molar-refractivity contribution in [1.29, 1.82) is 0 Å². The number of carbonyl (C=O) groups excluding carboxylic acids is 10. The maximum Gasteiger partial charge on any atom is 0.460 e. The zero-order valence-electron chi connectivity index (χ0n) is 46.8. The summed E-state index contributed by atoms with van der Waals surface area (Å²) >= 11 is 0. The van der Waals surface area contributed by atoms with Crippen LogP contribution in [0.3, 0.4) is 0 Å². The minimum absolute atomic E-state index is 0.0804. The van der Waals surface area contributed by atoms with Gasteiger partial charge in [-0.3, -0.25) is 53.2 Å². The lowest BCUT2D eigenvalue weighted by Gasteiger charge is -2.46. The summed E-state index contributed by atoms with van der Waals surface area (Å²) in [6, 6.07) is 5.08. The second-order valence-corrected chi connectivity index (χ2v) is 19.2. The van der Waals surface area contributed by atoms with E-state index in [0.717, 1.165) is 75.5 Å². The van der Waals surface area contributed by atoms with E-state index in [1.54, 1.807) is 0 Å². The molecule has 0 saturated carbocycles. The molecule has 1 aliphatic rings. The highest BCUT2D eigenvalue weighted by molar-refractivity contribution is 5.85. The smallest absolute Gasteiger partial charge is 0.460 e. The summed E-state index contributed by atoms with van der Waals surface area (Å²) in [7, 11) is 0. The van der Waals surface area contributed by atoms with Crippen molar-refractivity contribution in [3.8, 4) is 0 Å². The number of hydrogen-bond acceptors (Lipinski definition) is 21. The Morgan fingerprint density at radius 3 is 1.56 bits per heavy atom. The number of nitrogens with zero attached hydrogens (tertiary/aromatic N) is 1. The Hall–Kier alpha value is -7.60. The lowest BCUT2D eigenvalue weighted by atomic mass is 9.92. The molecule has 37 heteroatoms. The number of nitrogens with one attached hydrogen (secondary N) is 2. The van der Waals surface area contributed by atoms with Crippen LogP contribution in [0.25, 0.3) is 0 Å². The summed E-state index contributed by atoms with van der Waals surface area (Å²) < 4.78 is 231. The van der Waals surface area contributed by atoms with Crippen LogP contribution in [0, 0.1) is 0 Å². The number of rotatable bonds is 29. The van der Waals surface area contributed by atoms with Gasteiger partial charge in [-0.25, -0.2) is 0 Å². The van der Waals surface area contributed by atoms with E-state index in [9.17, 15) is 110 Å². The highest BCUT2D eigenvalue weighted by atomic mass is 19.4. The fraction of sp³-hybridized carbons (Fsp3) is 0.653. The maximum atomic E-state index is 14.3. The molecule has 2 amide bonds. The third-order valence-corrected chi connectivity index (χ3v) is 11.6. The normalized spacial score (nSPS) is 19.4. The first-order valence-electron chi connectivity index (χ1n) is 24.7. The molecule has 0 aliphatic carbocycles. The van der Waals surface area contributed by atoms with E-state index in [0.29, 0.717) is 4.74 Å². The molecule has 0 radical (unpaired) electrons. The molecule has 4 unspecified atom stereocenters. The fourth-order valence-electron chi connectivity index (χ4n) is 7.42. The van der Waals surface area contributed by atoms with E-state index in [-0.39, 0.29) is 11.1 Å². The van der Waals surface area contributed by atoms with Gasteiger partial charge in [-0.2, -0.15) is 57.1 Å². The summed E-state index contributed by atoms with van der Waals surface area (Å²) in [5, 5.41) is 15.0. The molecule has 0 bridgehead atoms. The summed E-state index contributed by atoms with van der Waals surface area (Å²) in [6.45, 7) is 6.05. The fourth-order valence-corrected chi connectivity index (χ4v) is 7.42. The Balaban J connectivity index is 2.55.